The highest BCUT2D eigenvalue weighted by Crippen LogP contribution is 2.04. The summed E-state index contributed by atoms with van der Waals surface area (Å²) in [6, 6.07) is 0. The third-order valence-corrected chi connectivity index (χ3v) is 3.13. The molecular weight excluding hydrogens is 327 g/mol. The van der Waals surface area contributed by atoms with Gasteiger partial charge in [-0.05, 0) is 19.3 Å². The fourth-order valence-electron chi connectivity index (χ4n) is 1.32. The molecule has 1 unspecified atom stereocenters. The second-order valence-corrected chi connectivity index (χ2v) is 4.96. The third-order valence-electron chi connectivity index (χ3n) is 2.41. The number of alkyl halides is 1. The van der Waals surface area contributed by atoms with Gasteiger partial charge in [-0.2, -0.15) is 0 Å². The number of ether oxygens (including phenoxy) is 2. The van der Waals surface area contributed by atoms with Crippen molar-refractivity contribution in [2.75, 3.05) is 17.6 Å². The van der Waals surface area contributed by atoms with Gasteiger partial charge < -0.3 is 9.47 Å². The van der Waals surface area contributed by atoms with Crippen LogP contribution in [-0.2, 0) is 9.47 Å². The Kier molecular flexibility index (Phi) is 14.8. The molecule has 17 heavy (non-hydrogen) atoms. The number of allylic oxidation sites excluding steroid dienone is 1. The van der Waals surface area contributed by atoms with Crippen molar-refractivity contribution in [3.8, 4) is 0 Å². The largest absolute Gasteiger partial charge is 0.352 e. The van der Waals surface area contributed by atoms with E-state index in [2.05, 4.69) is 48.6 Å². The lowest BCUT2D eigenvalue weighted by Crippen LogP contribution is -2.20. The smallest absolute Gasteiger partial charge is 0.166 e. The average molecular weight is 354 g/mol. The van der Waals surface area contributed by atoms with E-state index in [-0.39, 0.29) is 6.29 Å². The van der Waals surface area contributed by atoms with Crippen LogP contribution in [0, 0.1) is 0 Å². The summed E-state index contributed by atoms with van der Waals surface area (Å²) in [5.41, 5.74) is 0. The molecule has 3 heteroatoms. The molecule has 0 saturated heterocycles. The molecule has 0 rings (SSSR count). The monoisotopic (exact) mass is 354 g/mol. The highest BCUT2D eigenvalue weighted by atomic mass is 127. The Bertz CT molecular complexity index is 172. The van der Waals surface area contributed by atoms with E-state index in [4.69, 9.17) is 9.47 Å². The minimum atomic E-state index is -0.0220. The third kappa shape index (κ3) is 12.6. The van der Waals surface area contributed by atoms with Gasteiger partial charge in [-0.25, -0.2) is 0 Å². The summed E-state index contributed by atoms with van der Waals surface area (Å²) in [5.74, 6) is 0. The van der Waals surface area contributed by atoms with Gasteiger partial charge in [0.25, 0.3) is 0 Å². The number of hydrogen-bond acceptors (Lipinski definition) is 2. The molecule has 102 valence electrons. The number of hydrogen-bond donors (Lipinski definition) is 0. The summed E-state index contributed by atoms with van der Waals surface area (Å²) < 4.78 is 12.2. The van der Waals surface area contributed by atoms with Gasteiger partial charge in [-0.15, -0.1) is 0 Å². The molecule has 0 aliphatic carbocycles. The molecule has 0 saturated carbocycles. The van der Waals surface area contributed by atoms with Crippen LogP contribution >= 0.6 is 22.6 Å². The van der Waals surface area contributed by atoms with Gasteiger partial charge in [0.1, 0.15) is 0 Å². The van der Waals surface area contributed by atoms with E-state index in [9.17, 15) is 0 Å². The van der Waals surface area contributed by atoms with Gasteiger partial charge in [0.15, 0.2) is 6.29 Å². The van der Waals surface area contributed by atoms with Crippen molar-refractivity contribution in [2.45, 2.75) is 58.7 Å². The van der Waals surface area contributed by atoms with Crippen LogP contribution in [0.4, 0.5) is 0 Å². The second-order valence-electron chi connectivity index (χ2n) is 4.08. The number of halogens is 1. The lowest BCUT2D eigenvalue weighted by atomic mass is 10.2. The van der Waals surface area contributed by atoms with Crippen molar-refractivity contribution in [3.05, 3.63) is 12.2 Å². The van der Waals surface area contributed by atoms with E-state index in [1.807, 2.05) is 0 Å². The topological polar surface area (TPSA) is 18.5 Å². The molecule has 0 aromatic carbocycles. The Morgan fingerprint density at radius 1 is 0.941 bits per heavy atom. The Labute approximate surface area is 120 Å². The molecule has 0 aliphatic heterocycles. The fraction of sp³-hybridized carbons (Fsp3) is 0.857. The normalized spacial score (nSPS) is 13.4. The molecule has 0 heterocycles. The zero-order valence-corrected chi connectivity index (χ0v) is 13.4. The molecule has 0 aromatic heterocycles. The van der Waals surface area contributed by atoms with Crippen LogP contribution in [0.3, 0.4) is 0 Å². The van der Waals surface area contributed by atoms with Crippen LogP contribution in [0.2, 0.25) is 0 Å². The number of rotatable bonds is 12. The Balaban J connectivity index is 3.39. The lowest BCUT2D eigenvalue weighted by molar-refractivity contribution is -0.124. The Morgan fingerprint density at radius 2 is 1.59 bits per heavy atom. The first-order chi connectivity index (χ1) is 8.35. The SMILES string of the molecule is CCCC/C=C/CCOC(CI)OCCCC. The zero-order valence-electron chi connectivity index (χ0n) is 11.3. The van der Waals surface area contributed by atoms with Crippen LogP contribution in [0.25, 0.3) is 0 Å². The van der Waals surface area contributed by atoms with Crippen molar-refractivity contribution < 1.29 is 9.47 Å². The molecule has 0 fully saturated rings. The van der Waals surface area contributed by atoms with Crippen molar-refractivity contribution in [3.63, 3.8) is 0 Å². The van der Waals surface area contributed by atoms with Gasteiger partial charge in [-0.1, -0.05) is 67.9 Å². The summed E-state index contributed by atoms with van der Waals surface area (Å²) in [7, 11) is 0. The molecule has 0 amide bonds. The standard InChI is InChI=1S/C14H27IO2/c1-3-5-7-8-9-10-12-17-14(13-15)16-11-6-4-2/h8-9,14H,3-7,10-13H2,1-2H3/b9-8+. The zero-order chi connectivity index (χ0) is 12.8. The van der Waals surface area contributed by atoms with E-state index in [1.54, 1.807) is 0 Å². The van der Waals surface area contributed by atoms with Gasteiger partial charge >= 0.3 is 0 Å². The summed E-state index contributed by atoms with van der Waals surface area (Å²) in [6.07, 6.45) is 11.5. The molecule has 0 bridgehead atoms. The van der Waals surface area contributed by atoms with Crippen LogP contribution in [-0.4, -0.2) is 23.9 Å². The van der Waals surface area contributed by atoms with Gasteiger partial charge in [0.2, 0.25) is 0 Å². The summed E-state index contributed by atoms with van der Waals surface area (Å²) >= 11 is 2.31. The van der Waals surface area contributed by atoms with E-state index in [1.165, 1.54) is 25.7 Å². The van der Waals surface area contributed by atoms with E-state index < -0.39 is 0 Å². The molecule has 1 atom stereocenters. The highest BCUT2D eigenvalue weighted by molar-refractivity contribution is 14.1. The van der Waals surface area contributed by atoms with Crippen LogP contribution < -0.4 is 0 Å². The molecule has 0 radical (unpaired) electrons. The minimum absolute atomic E-state index is 0.0220. The molecule has 0 aromatic rings. The summed E-state index contributed by atoms with van der Waals surface area (Å²) in [5, 5.41) is 0. The maximum absolute atomic E-state index is 5.66. The van der Waals surface area contributed by atoms with E-state index >= 15 is 0 Å². The van der Waals surface area contributed by atoms with E-state index in [0.717, 1.165) is 30.5 Å². The minimum Gasteiger partial charge on any atom is -0.352 e. The van der Waals surface area contributed by atoms with Crippen LogP contribution in [0.1, 0.15) is 52.4 Å². The maximum atomic E-state index is 5.66. The first-order valence-corrected chi connectivity index (χ1v) is 8.31. The fourth-order valence-corrected chi connectivity index (χ4v) is 1.83. The maximum Gasteiger partial charge on any atom is 0.166 e. The average Bonchev–Trinajstić information content (AvgIpc) is 2.35. The van der Waals surface area contributed by atoms with Gasteiger partial charge in [0, 0.05) is 6.61 Å². The van der Waals surface area contributed by atoms with Crippen molar-refractivity contribution >= 4 is 22.6 Å². The summed E-state index contributed by atoms with van der Waals surface area (Å²) in [6.45, 7) is 5.97. The summed E-state index contributed by atoms with van der Waals surface area (Å²) in [4.78, 5) is 0. The highest BCUT2D eigenvalue weighted by Gasteiger charge is 2.05. The predicted molar refractivity (Wildman–Crippen MR) is 82.8 cm³/mol. The van der Waals surface area contributed by atoms with Crippen molar-refractivity contribution in [1.29, 1.82) is 0 Å². The predicted octanol–water partition coefficient (Wildman–Crippen LogP) is 4.72. The lowest BCUT2D eigenvalue weighted by Gasteiger charge is -2.15. The second kappa shape index (κ2) is 14.5. The van der Waals surface area contributed by atoms with E-state index in [0.29, 0.717) is 0 Å². The molecule has 2 nitrogen and oxygen atoms in total. The molecule has 0 aliphatic rings. The molecule has 0 spiro atoms. The van der Waals surface area contributed by atoms with Gasteiger partial charge in [0.05, 0.1) is 11.0 Å². The van der Waals surface area contributed by atoms with Crippen molar-refractivity contribution in [1.82, 2.24) is 0 Å². The van der Waals surface area contributed by atoms with Crippen LogP contribution in [0.15, 0.2) is 12.2 Å². The quantitative estimate of drug-likeness (QED) is 0.166. The van der Waals surface area contributed by atoms with Gasteiger partial charge in [-0.3, -0.25) is 0 Å². The molecule has 0 N–H and O–H groups in total. The van der Waals surface area contributed by atoms with Crippen LogP contribution in [0.5, 0.6) is 0 Å². The Hall–Kier alpha value is 0.390. The first-order valence-electron chi connectivity index (χ1n) is 6.79. The Morgan fingerprint density at radius 3 is 2.24 bits per heavy atom. The van der Waals surface area contributed by atoms with Crippen molar-refractivity contribution in [2.24, 2.45) is 0 Å². The first kappa shape index (κ1) is 17.4. The molecular formula is C14H27IO2. The number of unbranched alkanes of at least 4 members (excludes halogenated alkanes) is 3.